The lowest BCUT2D eigenvalue weighted by Crippen LogP contribution is -2.74. The van der Waals surface area contributed by atoms with Gasteiger partial charge in [-0.15, -0.1) is 0 Å². The van der Waals surface area contributed by atoms with Crippen LogP contribution in [0.5, 0.6) is 0 Å². The van der Waals surface area contributed by atoms with Crippen molar-refractivity contribution in [1.82, 2.24) is 0 Å². The average Bonchev–Trinajstić information content (AvgIpc) is 2.81. The number of alkyl halides is 17. The lowest BCUT2D eigenvalue weighted by atomic mass is 9.81. The SMILES string of the molecule is CCCCc1ccccc1C(C)(CC(F)(F)C(F)(F)C(F)(F)C(F)(F)C(F)(F)C(F)(F)C(F)(F)C(F)(F)F)OC. The van der Waals surface area contributed by atoms with E-state index in [0.717, 1.165) is 12.1 Å². The molecule has 0 N–H and O–H groups in total. The predicted molar refractivity (Wildman–Crippen MR) is 105 cm³/mol. The molecule has 0 aromatic heterocycles. The van der Waals surface area contributed by atoms with E-state index in [4.69, 9.17) is 4.74 Å². The van der Waals surface area contributed by atoms with E-state index in [1.807, 2.05) is 0 Å². The van der Waals surface area contributed by atoms with Crippen LogP contribution in [0.15, 0.2) is 24.3 Å². The van der Waals surface area contributed by atoms with E-state index in [0.29, 0.717) is 26.9 Å². The molecule has 0 saturated carbocycles. The molecule has 1 atom stereocenters. The summed E-state index contributed by atoms with van der Waals surface area (Å²) in [7, 11) is 0.589. The summed E-state index contributed by atoms with van der Waals surface area (Å²) in [6, 6.07) is 4.74. The maximum atomic E-state index is 14.7. The zero-order chi connectivity index (χ0) is 32.0. The number of ether oxygens (including phenoxy) is 1. The second-order valence-corrected chi connectivity index (χ2v) is 9.02. The Kier molecular flexibility index (Phi) is 9.61. The molecule has 1 nitrogen and oxygen atoms in total. The highest BCUT2D eigenvalue weighted by atomic mass is 19.4. The van der Waals surface area contributed by atoms with Gasteiger partial charge in [-0.05, 0) is 30.9 Å². The van der Waals surface area contributed by atoms with Gasteiger partial charge in [-0.1, -0.05) is 37.6 Å². The third-order valence-electron chi connectivity index (χ3n) is 6.18. The summed E-state index contributed by atoms with van der Waals surface area (Å²) in [6.07, 6.45) is -9.56. The van der Waals surface area contributed by atoms with Gasteiger partial charge >= 0.3 is 47.6 Å². The third kappa shape index (κ3) is 5.32. The summed E-state index contributed by atoms with van der Waals surface area (Å²) in [6.45, 7) is 2.27. The van der Waals surface area contributed by atoms with Gasteiger partial charge in [-0.3, -0.25) is 0 Å². The number of aryl methyl sites for hydroxylation is 1. The normalized spacial score (nSPS) is 16.7. The maximum Gasteiger partial charge on any atom is 0.460 e. The first-order valence-electron chi connectivity index (χ1n) is 10.9. The van der Waals surface area contributed by atoms with Crippen molar-refractivity contribution < 1.29 is 79.4 Å². The highest BCUT2D eigenvalue weighted by molar-refractivity contribution is 5.33. The first-order valence-corrected chi connectivity index (χ1v) is 10.9. The molecule has 0 bridgehead atoms. The van der Waals surface area contributed by atoms with Gasteiger partial charge in [0.2, 0.25) is 0 Å². The van der Waals surface area contributed by atoms with Crippen molar-refractivity contribution in [3.8, 4) is 0 Å². The molecule has 1 aromatic rings. The topological polar surface area (TPSA) is 9.23 Å². The Morgan fingerprint density at radius 3 is 1.40 bits per heavy atom. The fourth-order valence-electron chi connectivity index (χ4n) is 3.63. The molecule has 0 radical (unpaired) electrons. The monoisotopic (exact) mass is 624 g/mol. The smallest absolute Gasteiger partial charge is 0.374 e. The molecule has 1 rings (SSSR count). The van der Waals surface area contributed by atoms with Gasteiger partial charge in [0.05, 0.1) is 12.0 Å². The lowest BCUT2D eigenvalue weighted by Gasteiger charge is -2.44. The van der Waals surface area contributed by atoms with E-state index in [1.165, 1.54) is 12.1 Å². The minimum absolute atomic E-state index is 0.0660. The number of halogens is 17. The molecular formula is C22H21F17O. The number of rotatable bonds is 13. The Balaban J connectivity index is 3.69. The zero-order valence-corrected chi connectivity index (χ0v) is 20.5. The van der Waals surface area contributed by atoms with Crippen molar-refractivity contribution in [1.29, 1.82) is 0 Å². The molecule has 0 spiro atoms. The quantitative estimate of drug-likeness (QED) is 0.199. The van der Waals surface area contributed by atoms with Crippen molar-refractivity contribution in [2.45, 2.75) is 92.8 Å². The fourth-order valence-corrected chi connectivity index (χ4v) is 3.63. The van der Waals surface area contributed by atoms with Crippen LogP contribution in [0.4, 0.5) is 74.6 Å². The van der Waals surface area contributed by atoms with Crippen LogP contribution in [0, 0.1) is 0 Å². The highest BCUT2D eigenvalue weighted by Crippen LogP contribution is 2.64. The lowest BCUT2D eigenvalue weighted by molar-refractivity contribution is -0.462. The van der Waals surface area contributed by atoms with Crippen LogP contribution in [-0.2, 0) is 16.8 Å². The van der Waals surface area contributed by atoms with E-state index in [9.17, 15) is 74.6 Å². The Morgan fingerprint density at radius 2 is 1.00 bits per heavy atom. The van der Waals surface area contributed by atoms with E-state index in [-0.39, 0.29) is 17.5 Å². The average molecular weight is 624 g/mol. The standard InChI is InChI=1S/C22H21F17O/c1-4-5-8-12-9-6-7-10-13(12)14(2,40-3)11-15(23,24)16(25,26)17(27,28)18(29,30)19(31,32)20(33,34)21(35,36)22(37,38)39/h6-7,9-10H,4-5,8,11H2,1-3H3. The molecule has 0 fully saturated rings. The first-order chi connectivity index (χ1) is 17.6. The Labute approximate surface area is 215 Å². The van der Waals surface area contributed by atoms with Gasteiger partial charge in [0.1, 0.15) is 0 Å². The number of methoxy groups -OCH3 is 1. The van der Waals surface area contributed by atoms with Crippen LogP contribution < -0.4 is 0 Å². The third-order valence-corrected chi connectivity index (χ3v) is 6.18. The van der Waals surface area contributed by atoms with Crippen molar-refractivity contribution in [2.24, 2.45) is 0 Å². The Bertz CT molecular complexity index is 1010. The van der Waals surface area contributed by atoms with Crippen LogP contribution in [0.3, 0.4) is 0 Å². The fraction of sp³-hybridized carbons (Fsp3) is 0.727. The number of unbranched alkanes of at least 4 members (excludes halogenated alkanes) is 1. The molecule has 0 saturated heterocycles. The van der Waals surface area contributed by atoms with Gasteiger partial charge in [-0.25, -0.2) is 0 Å². The minimum Gasteiger partial charge on any atom is -0.374 e. The van der Waals surface area contributed by atoms with Gasteiger partial charge in [-0.2, -0.15) is 74.6 Å². The van der Waals surface area contributed by atoms with Crippen molar-refractivity contribution in [3.63, 3.8) is 0 Å². The summed E-state index contributed by atoms with van der Waals surface area (Å²) in [5.74, 6) is -56.6. The molecule has 1 aromatic carbocycles. The second-order valence-electron chi connectivity index (χ2n) is 9.02. The van der Waals surface area contributed by atoms with Crippen molar-refractivity contribution in [3.05, 3.63) is 35.4 Å². The summed E-state index contributed by atoms with van der Waals surface area (Å²) in [5.41, 5.74) is -3.03. The molecule has 0 aliphatic heterocycles. The molecule has 234 valence electrons. The first kappa shape index (κ1) is 36.0. The Hall–Kier alpha value is -2.01. The van der Waals surface area contributed by atoms with Gasteiger partial charge in [0, 0.05) is 7.11 Å². The molecule has 0 amide bonds. The molecule has 40 heavy (non-hydrogen) atoms. The molecule has 0 aliphatic rings. The van der Waals surface area contributed by atoms with Gasteiger partial charge in [0.25, 0.3) is 0 Å². The molecular weight excluding hydrogens is 603 g/mol. The van der Waals surface area contributed by atoms with Crippen LogP contribution in [0.25, 0.3) is 0 Å². The van der Waals surface area contributed by atoms with E-state index < -0.39 is 59.7 Å². The number of hydrogen-bond donors (Lipinski definition) is 0. The predicted octanol–water partition coefficient (Wildman–Crippen LogP) is 9.29. The van der Waals surface area contributed by atoms with E-state index >= 15 is 0 Å². The molecule has 0 heterocycles. The maximum absolute atomic E-state index is 14.7. The number of hydrogen-bond acceptors (Lipinski definition) is 1. The zero-order valence-electron chi connectivity index (χ0n) is 20.5. The molecule has 0 aliphatic carbocycles. The van der Waals surface area contributed by atoms with Crippen LogP contribution in [-0.4, -0.2) is 54.7 Å². The minimum atomic E-state index is -8.65. The summed E-state index contributed by atoms with van der Waals surface area (Å²) in [4.78, 5) is 0. The van der Waals surface area contributed by atoms with Crippen molar-refractivity contribution >= 4 is 0 Å². The van der Waals surface area contributed by atoms with Gasteiger partial charge < -0.3 is 4.74 Å². The van der Waals surface area contributed by atoms with Gasteiger partial charge in [0.15, 0.2) is 0 Å². The van der Waals surface area contributed by atoms with Crippen LogP contribution in [0.1, 0.15) is 44.2 Å². The van der Waals surface area contributed by atoms with Crippen LogP contribution in [0.2, 0.25) is 0 Å². The van der Waals surface area contributed by atoms with Crippen molar-refractivity contribution in [2.75, 3.05) is 7.11 Å². The van der Waals surface area contributed by atoms with E-state index in [1.54, 1.807) is 6.92 Å². The molecule has 18 heteroatoms. The largest absolute Gasteiger partial charge is 0.460 e. The summed E-state index contributed by atoms with van der Waals surface area (Å²) < 4.78 is 236. The Morgan fingerprint density at radius 1 is 0.600 bits per heavy atom. The molecule has 1 unspecified atom stereocenters. The second kappa shape index (κ2) is 10.7. The summed E-state index contributed by atoms with van der Waals surface area (Å²) in [5, 5.41) is 0. The number of benzene rings is 1. The summed E-state index contributed by atoms with van der Waals surface area (Å²) >= 11 is 0. The van der Waals surface area contributed by atoms with Crippen LogP contribution >= 0.6 is 0 Å². The highest BCUT2D eigenvalue weighted by Gasteiger charge is 2.95. The van der Waals surface area contributed by atoms with E-state index in [2.05, 4.69) is 0 Å².